The van der Waals surface area contributed by atoms with Crippen molar-refractivity contribution in [1.82, 2.24) is 19.2 Å². The molecule has 29 heavy (non-hydrogen) atoms. The minimum atomic E-state index is -4.45. The first-order valence-corrected chi connectivity index (χ1v) is 8.80. The standard InChI is InChI=1S/C19H16F3N5O2/c20-19(21,22)13-6-8-15(9-7-13)27-18(29)26-11-10-25(12-16(26)24-27)17(28)23-14-4-2-1-3-5-14/h1-9H,10-12H2,(H,23,28). The molecule has 150 valence electrons. The number of aromatic nitrogens is 3. The van der Waals surface area contributed by atoms with Crippen molar-refractivity contribution in [2.45, 2.75) is 19.3 Å². The van der Waals surface area contributed by atoms with Crippen molar-refractivity contribution in [3.63, 3.8) is 0 Å². The zero-order chi connectivity index (χ0) is 20.6. The van der Waals surface area contributed by atoms with Crippen LogP contribution in [0.15, 0.2) is 59.4 Å². The highest BCUT2D eigenvalue weighted by Gasteiger charge is 2.30. The Hall–Kier alpha value is -3.56. The maximum absolute atomic E-state index is 12.7. The van der Waals surface area contributed by atoms with Crippen molar-refractivity contribution >= 4 is 11.7 Å². The van der Waals surface area contributed by atoms with Crippen LogP contribution < -0.4 is 11.0 Å². The largest absolute Gasteiger partial charge is 0.416 e. The number of fused-ring (bicyclic) bond motifs is 1. The van der Waals surface area contributed by atoms with Crippen LogP contribution in [0.2, 0.25) is 0 Å². The van der Waals surface area contributed by atoms with E-state index in [1.807, 2.05) is 6.07 Å². The molecule has 0 spiro atoms. The third kappa shape index (κ3) is 3.73. The van der Waals surface area contributed by atoms with Gasteiger partial charge in [0.2, 0.25) is 0 Å². The van der Waals surface area contributed by atoms with Gasteiger partial charge in [-0.2, -0.15) is 17.9 Å². The minimum absolute atomic E-state index is 0.113. The number of amides is 2. The van der Waals surface area contributed by atoms with Crippen LogP contribution in [0.4, 0.5) is 23.7 Å². The van der Waals surface area contributed by atoms with E-state index in [1.54, 1.807) is 24.3 Å². The monoisotopic (exact) mass is 403 g/mol. The number of benzene rings is 2. The second kappa shape index (κ2) is 7.12. The molecule has 4 rings (SSSR count). The van der Waals surface area contributed by atoms with Crippen molar-refractivity contribution in [3.05, 3.63) is 76.5 Å². The molecular formula is C19H16F3N5O2. The van der Waals surface area contributed by atoms with Crippen LogP contribution in [0.25, 0.3) is 5.69 Å². The minimum Gasteiger partial charge on any atom is -0.315 e. The molecule has 1 N–H and O–H groups in total. The number of halogens is 3. The Morgan fingerprint density at radius 1 is 1.00 bits per heavy atom. The average Bonchev–Trinajstić information content (AvgIpc) is 3.04. The van der Waals surface area contributed by atoms with Gasteiger partial charge in [0.25, 0.3) is 0 Å². The van der Waals surface area contributed by atoms with E-state index in [2.05, 4.69) is 10.4 Å². The summed E-state index contributed by atoms with van der Waals surface area (Å²) in [6.45, 7) is 0.669. The van der Waals surface area contributed by atoms with Crippen molar-refractivity contribution in [3.8, 4) is 5.69 Å². The lowest BCUT2D eigenvalue weighted by atomic mass is 10.2. The Bertz CT molecular complexity index is 1090. The van der Waals surface area contributed by atoms with E-state index in [4.69, 9.17) is 0 Å². The highest BCUT2D eigenvalue weighted by Crippen LogP contribution is 2.29. The number of alkyl halides is 3. The normalized spacial score (nSPS) is 13.8. The topological polar surface area (TPSA) is 72.2 Å². The molecule has 0 aliphatic carbocycles. The molecule has 1 aliphatic rings. The number of hydrogen-bond acceptors (Lipinski definition) is 3. The maximum Gasteiger partial charge on any atom is 0.416 e. The number of urea groups is 1. The van der Waals surface area contributed by atoms with E-state index in [0.717, 1.165) is 16.8 Å². The van der Waals surface area contributed by atoms with Gasteiger partial charge >= 0.3 is 17.9 Å². The van der Waals surface area contributed by atoms with Crippen LogP contribution in [0.3, 0.4) is 0 Å². The van der Waals surface area contributed by atoms with Gasteiger partial charge in [0.15, 0.2) is 5.82 Å². The molecule has 0 unspecified atom stereocenters. The molecule has 0 fully saturated rings. The van der Waals surface area contributed by atoms with Crippen molar-refractivity contribution in [2.75, 3.05) is 11.9 Å². The zero-order valence-electron chi connectivity index (χ0n) is 15.1. The van der Waals surface area contributed by atoms with E-state index in [9.17, 15) is 22.8 Å². The summed E-state index contributed by atoms with van der Waals surface area (Å²) >= 11 is 0. The second-order valence-corrected chi connectivity index (χ2v) is 6.52. The predicted molar refractivity (Wildman–Crippen MR) is 98.7 cm³/mol. The third-order valence-electron chi connectivity index (χ3n) is 4.62. The van der Waals surface area contributed by atoms with Gasteiger partial charge in [0.05, 0.1) is 17.8 Å². The molecule has 0 saturated carbocycles. The van der Waals surface area contributed by atoms with E-state index in [0.29, 0.717) is 18.1 Å². The van der Waals surface area contributed by atoms with Gasteiger partial charge < -0.3 is 10.2 Å². The smallest absolute Gasteiger partial charge is 0.315 e. The van der Waals surface area contributed by atoms with Crippen LogP contribution in [0.5, 0.6) is 0 Å². The molecule has 0 bridgehead atoms. The fourth-order valence-electron chi connectivity index (χ4n) is 3.11. The average molecular weight is 403 g/mol. The Balaban J connectivity index is 1.54. The summed E-state index contributed by atoms with van der Waals surface area (Å²) in [5.74, 6) is 0.365. The summed E-state index contributed by atoms with van der Waals surface area (Å²) in [5.41, 5.74) is -0.383. The number of carbonyl (C=O) groups excluding carboxylic acids is 1. The zero-order valence-corrected chi connectivity index (χ0v) is 15.1. The Labute approximate surface area is 163 Å². The lowest BCUT2D eigenvalue weighted by molar-refractivity contribution is -0.137. The van der Waals surface area contributed by atoms with Gasteiger partial charge in [-0.05, 0) is 36.4 Å². The fraction of sp³-hybridized carbons (Fsp3) is 0.211. The molecule has 7 nitrogen and oxygen atoms in total. The summed E-state index contributed by atoms with van der Waals surface area (Å²) in [7, 11) is 0. The number of hydrogen-bond donors (Lipinski definition) is 1. The number of rotatable bonds is 2. The van der Waals surface area contributed by atoms with Crippen LogP contribution in [0.1, 0.15) is 11.4 Å². The Kier molecular flexibility index (Phi) is 4.61. The summed E-state index contributed by atoms with van der Waals surface area (Å²) in [6, 6.07) is 12.8. The van der Waals surface area contributed by atoms with Crippen LogP contribution in [-0.2, 0) is 19.3 Å². The van der Waals surface area contributed by atoms with Gasteiger partial charge in [0, 0.05) is 18.8 Å². The number of nitrogens with one attached hydrogen (secondary N) is 1. The van der Waals surface area contributed by atoms with Gasteiger partial charge in [-0.1, -0.05) is 18.2 Å². The molecule has 3 aromatic rings. The molecule has 1 aliphatic heterocycles. The number of carbonyl (C=O) groups is 1. The number of para-hydroxylation sites is 1. The molecule has 2 heterocycles. The van der Waals surface area contributed by atoms with Gasteiger partial charge in [-0.25, -0.2) is 9.59 Å². The molecule has 0 radical (unpaired) electrons. The predicted octanol–water partition coefficient (Wildman–Crippen LogP) is 3.10. The van der Waals surface area contributed by atoms with E-state index >= 15 is 0 Å². The van der Waals surface area contributed by atoms with Crippen molar-refractivity contribution in [2.24, 2.45) is 0 Å². The van der Waals surface area contributed by atoms with E-state index < -0.39 is 17.4 Å². The lowest BCUT2D eigenvalue weighted by Crippen LogP contribution is -2.42. The Morgan fingerprint density at radius 2 is 1.69 bits per heavy atom. The lowest BCUT2D eigenvalue weighted by Gasteiger charge is -2.26. The van der Waals surface area contributed by atoms with Crippen LogP contribution >= 0.6 is 0 Å². The maximum atomic E-state index is 12.7. The first-order chi connectivity index (χ1) is 13.8. The SMILES string of the molecule is O=C(Nc1ccccc1)N1CCn2c(nn(-c3ccc(C(F)(F)F)cc3)c2=O)C1. The summed E-state index contributed by atoms with van der Waals surface area (Å²) in [6.07, 6.45) is -4.45. The molecule has 2 aromatic carbocycles. The molecule has 0 atom stereocenters. The fourth-order valence-corrected chi connectivity index (χ4v) is 3.11. The molecule has 0 saturated heterocycles. The molecule has 1 aromatic heterocycles. The molecule has 10 heteroatoms. The Morgan fingerprint density at radius 3 is 2.34 bits per heavy atom. The van der Waals surface area contributed by atoms with E-state index in [1.165, 1.54) is 21.6 Å². The molecule has 2 amide bonds. The molecular weight excluding hydrogens is 387 g/mol. The van der Waals surface area contributed by atoms with E-state index in [-0.39, 0.29) is 24.8 Å². The van der Waals surface area contributed by atoms with Crippen LogP contribution in [-0.4, -0.2) is 31.8 Å². The van der Waals surface area contributed by atoms with Crippen molar-refractivity contribution < 1.29 is 18.0 Å². The van der Waals surface area contributed by atoms with Gasteiger partial charge in [-0.15, -0.1) is 5.10 Å². The van der Waals surface area contributed by atoms with Crippen molar-refractivity contribution in [1.29, 1.82) is 0 Å². The highest BCUT2D eigenvalue weighted by molar-refractivity contribution is 5.89. The van der Waals surface area contributed by atoms with Gasteiger partial charge in [0.1, 0.15) is 0 Å². The van der Waals surface area contributed by atoms with Crippen LogP contribution in [0, 0.1) is 0 Å². The highest BCUT2D eigenvalue weighted by atomic mass is 19.4. The second-order valence-electron chi connectivity index (χ2n) is 6.52. The first kappa shape index (κ1) is 18.8. The quantitative estimate of drug-likeness (QED) is 0.715. The number of anilines is 1. The first-order valence-electron chi connectivity index (χ1n) is 8.80. The summed E-state index contributed by atoms with van der Waals surface area (Å²) in [4.78, 5) is 26.6. The summed E-state index contributed by atoms with van der Waals surface area (Å²) in [5, 5.41) is 6.99. The van der Waals surface area contributed by atoms with Gasteiger partial charge in [-0.3, -0.25) is 4.57 Å². The summed E-state index contributed by atoms with van der Waals surface area (Å²) < 4.78 is 40.7. The third-order valence-corrected chi connectivity index (χ3v) is 4.62. The number of nitrogens with zero attached hydrogens (tertiary/aromatic N) is 4.